The van der Waals surface area contributed by atoms with E-state index in [9.17, 15) is 19.5 Å². The van der Waals surface area contributed by atoms with E-state index in [1.54, 1.807) is 52.1 Å². The lowest BCUT2D eigenvalue weighted by Gasteiger charge is -2.38. The van der Waals surface area contributed by atoms with Crippen LogP contribution in [-0.2, 0) is 14.3 Å². The van der Waals surface area contributed by atoms with Gasteiger partial charge in [-0.05, 0) is 90.1 Å². The number of anilines is 1. The Kier molecular flexibility index (Phi) is 12.2. The maximum Gasteiger partial charge on any atom is 0.408 e. The highest BCUT2D eigenvalue weighted by molar-refractivity contribution is 5.99. The Morgan fingerprint density at radius 1 is 0.951 bits per heavy atom. The maximum atomic E-state index is 14.2. The number of aliphatic hydroxyl groups is 1. The number of carbonyl (C=O) groups is 3. The minimum Gasteiger partial charge on any atom is -0.497 e. The molecule has 3 unspecified atom stereocenters. The number of hydrogen-bond acceptors (Lipinski definition) is 6. The highest BCUT2D eigenvalue weighted by Crippen LogP contribution is 2.30. The van der Waals surface area contributed by atoms with Gasteiger partial charge in [-0.15, -0.1) is 0 Å². The molecule has 0 bridgehead atoms. The molecule has 3 atom stereocenters. The van der Waals surface area contributed by atoms with Crippen LogP contribution in [-0.4, -0.2) is 59.3 Å². The number of ether oxygens (including phenoxy) is 2. The Bertz CT molecular complexity index is 1150. The normalized spacial score (nSPS) is 13.6. The molecule has 2 aromatic rings. The number of nitrogens with one attached hydrogen (secondary N) is 2. The van der Waals surface area contributed by atoms with E-state index in [0.29, 0.717) is 29.3 Å². The van der Waals surface area contributed by atoms with Crippen molar-refractivity contribution in [1.29, 1.82) is 0 Å². The molecule has 3 amide bonds. The van der Waals surface area contributed by atoms with Gasteiger partial charge >= 0.3 is 6.09 Å². The summed E-state index contributed by atoms with van der Waals surface area (Å²) in [5.74, 6) is 0.0187. The molecule has 0 aliphatic carbocycles. The molecule has 0 heterocycles. The molecule has 0 spiro atoms. The fourth-order valence-corrected chi connectivity index (χ4v) is 4.62. The average Bonchev–Trinajstić information content (AvgIpc) is 2.87. The molecule has 3 N–H and O–H groups in total. The van der Waals surface area contributed by atoms with Gasteiger partial charge in [-0.3, -0.25) is 9.59 Å². The molecule has 0 aliphatic heterocycles. The summed E-state index contributed by atoms with van der Waals surface area (Å²) >= 11 is 0. The van der Waals surface area contributed by atoms with E-state index < -0.39 is 48.2 Å². The first-order chi connectivity index (χ1) is 19.1. The number of nitrogens with zero attached hydrogens (tertiary/aromatic N) is 1. The number of carbonyl (C=O) groups excluding carboxylic acids is 3. The Morgan fingerprint density at radius 3 is 2.02 bits per heavy atom. The number of rotatable bonds is 12. The van der Waals surface area contributed by atoms with Gasteiger partial charge in [-0.25, -0.2) is 4.79 Å². The molecule has 0 radical (unpaired) electrons. The lowest BCUT2D eigenvalue weighted by atomic mass is 9.95. The summed E-state index contributed by atoms with van der Waals surface area (Å²) in [6, 6.07) is 9.95. The standard InChI is InChI=1S/C32H47N3O6/c1-20(2)10-11-23(5)35(30(38)27(19-36)34-31(39)41-32(6,7)8)28(24-17-21(3)16-22(4)18-24)29(37)33-25-12-14-26(40-9)15-13-25/h12-18,20,23,27-28,36H,10-11,19H2,1-9H3,(H,33,37)(H,34,39). The van der Waals surface area contributed by atoms with Crippen molar-refractivity contribution in [1.82, 2.24) is 10.2 Å². The number of amides is 3. The largest absolute Gasteiger partial charge is 0.497 e. The van der Waals surface area contributed by atoms with Gasteiger partial charge in [-0.2, -0.15) is 0 Å². The minimum atomic E-state index is -1.31. The number of hydrogen-bond donors (Lipinski definition) is 3. The molecule has 0 aliphatic rings. The van der Waals surface area contributed by atoms with Crippen molar-refractivity contribution in [2.75, 3.05) is 19.0 Å². The fraction of sp³-hybridized carbons (Fsp3) is 0.531. The van der Waals surface area contributed by atoms with Crippen LogP contribution in [0.15, 0.2) is 42.5 Å². The summed E-state index contributed by atoms with van der Waals surface area (Å²) in [5, 5.41) is 15.7. The van der Waals surface area contributed by atoms with Crippen molar-refractivity contribution in [3.63, 3.8) is 0 Å². The summed E-state index contributed by atoms with van der Waals surface area (Å²) in [6.45, 7) is 14.4. The highest BCUT2D eigenvalue weighted by atomic mass is 16.6. The minimum absolute atomic E-state index is 0.371. The van der Waals surface area contributed by atoms with Gasteiger partial charge in [0.1, 0.15) is 23.4 Å². The molecule has 9 heteroatoms. The summed E-state index contributed by atoms with van der Waals surface area (Å²) < 4.78 is 10.6. The van der Waals surface area contributed by atoms with Crippen molar-refractivity contribution in [2.24, 2.45) is 5.92 Å². The molecular formula is C32H47N3O6. The van der Waals surface area contributed by atoms with E-state index in [1.165, 1.54) is 4.90 Å². The van der Waals surface area contributed by atoms with Crippen LogP contribution in [0.4, 0.5) is 10.5 Å². The third kappa shape index (κ3) is 10.4. The van der Waals surface area contributed by atoms with Crippen molar-refractivity contribution in [3.8, 4) is 5.75 Å². The van der Waals surface area contributed by atoms with Crippen LogP contribution in [0.3, 0.4) is 0 Å². The van der Waals surface area contributed by atoms with Gasteiger partial charge in [0.05, 0.1) is 13.7 Å². The quantitative estimate of drug-likeness (QED) is 0.309. The highest BCUT2D eigenvalue weighted by Gasteiger charge is 2.39. The van der Waals surface area contributed by atoms with Crippen LogP contribution in [0.5, 0.6) is 5.75 Å². The third-order valence-corrected chi connectivity index (χ3v) is 6.51. The molecule has 9 nitrogen and oxygen atoms in total. The Balaban J connectivity index is 2.60. The number of benzene rings is 2. The summed E-state index contributed by atoms with van der Waals surface area (Å²) in [6.07, 6.45) is 0.601. The second-order valence-electron chi connectivity index (χ2n) is 12.0. The topological polar surface area (TPSA) is 117 Å². The van der Waals surface area contributed by atoms with Crippen LogP contribution in [0.1, 0.15) is 77.1 Å². The second kappa shape index (κ2) is 14.9. The summed E-state index contributed by atoms with van der Waals surface area (Å²) in [5.41, 5.74) is 2.26. The lowest BCUT2D eigenvalue weighted by Crippen LogP contribution is -2.56. The van der Waals surface area contributed by atoms with Crippen LogP contribution in [0.2, 0.25) is 0 Å². The average molecular weight is 570 g/mol. The molecule has 0 saturated carbocycles. The number of aliphatic hydroxyl groups excluding tert-OH is 1. The maximum absolute atomic E-state index is 14.2. The van der Waals surface area contributed by atoms with E-state index >= 15 is 0 Å². The smallest absolute Gasteiger partial charge is 0.408 e. The van der Waals surface area contributed by atoms with E-state index in [-0.39, 0.29) is 0 Å². The van der Waals surface area contributed by atoms with E-state index in [0.717, 1.165) is 17.5 Å². The second-order valence-corrected chi connectivity index (χ2v) is 12.0. The Labute approximate surface area is 244 Å². The molecule has 226 valence electrons. The summed E-state index contributed by atoms with van der Waals surface area (Å²) in [7, 11) is 1.56. The lowest BCUT2D eigenvalue weighted by molar-refractivity contribution is -0.144. The van der Waals surface area contributed by atoms with Gasteiger partial charge in [0.15, 0.2) is 0 Å². The zero-order chi connectivity index (χ0) is 30.9. The molecule has 41 heavy (non-hydrogen) atoms. The Morgan fingerprint density at radius 2 is 1.54 bits per heavy atom. The fourth-order valence-electron chi connectivity index (χ4n) is 4.62. The SMILES string of the molecule is COc1ccc(NC(=O)C(c2cc(C)cc(C)c2)N(C(=O)C(CO)NC(=O)OC(C)(C)C)C(C)CCC(C)C)cc1. The molecule has 0 saturated heterocycles. The summed E-state index contributed by atoms with van der Waals surface area (Å²) in [4.78, 5) is 42.4. The van der Waals surface area contributed by atoms with Crippen molar-refractivity contribution in [3.05, 3.63) is 59.2 Å². The van der Waals surface area contributed by atoms with Crippen molar-refractivity contribution < 1.29 is 29.0 Å². The first kappa shape index (κ1) is 33.6. The first-order valence-corrected chi connectivity index (χ1v) is 14.1. The molecule has 2 rings (SSSR count). The van der Waals surface area contributed by atoms with Gasteiger partial charge in [0, 0.05) is 11.7 Å². The zero-order valence-electron chi connectivity index (χ0n) is 25.9. The van der Waals surface area contributed by atoms with E-state index in [4.69, 9.17) is 9.47 Å². The van der Waals surface area contributed by atoms with Crippen molar-refractivity contribution >= 4 is 23.6 Å². The van der Waals surface area contributed by atoms with Gasteiger partial charge in [0.25, 0.3) is 5.91 Å². The molecule has 0 fully saturated rings. The molecular weight excluding hydrogens is 522 g/mol. The zero-order valence-corrected chi connectivity index (χ0v) is 25.9. The van der Waals surface area contributed by atoms with Gasteiger partial charge in [0.2, 0.25) is 5.91 Å². The first-order valence-electron chi connectivity index (χ1n) is 14.1. The predicted octanol–water partition coefficient (Wildman–Crippen LogP) is 5.53. The van der Waals surface area contributed by atoms with Crippen LogP contribution in [0.25, 0.3) is 0 Å². The monoisotopic (exact) mass is 569 g/mol. The number of methoxy groups -OCH3 is 1. The van der Waals surface area contributed by atoms with Gasteiger partial charge < -0.3 is 30.1 Å². The van der Waals surface area contributed by atoms with Crippen LogP contribution >= 0.6 is 0 Å². The van der Waals surface area contributed by atoms with Crippen LogP contribution in [0, 0.1) is 19.8 Å². The Hall–Kier alpha value is -3.59. The number of aryl methyl sites for hydroxylation is 2. The third-order valence-electron chi connectivity index (χ3n) is 6.51. The molecule has 0 aromatic heterocycles. The van der Waals surface area contributed by atoms with Gasteiger partial charge in [-0.1, -0.05) is 43.2 Å². The van der Waals surface area contributed by atoms with Crippen molar-refractivity contribution in [2.45, 2.75) is 92.0 Å². The van der Waals surface area contributed by atoms with Crippen LogP contribution < -0.4 is 15.4 Å². The van der Waals surface area contributed by atoms with E-state index in [1.807, 2.05) is 39.0 Å². The number of alkyl carbamates (subject to hydrolysis) is 1. The predicted molar refractivity (Wildman–Crippen MR) is 161 cm³/mol. The molecule has 2 aromatic carbocycles. The van der Waals surface area contributed by atoms with E-state index in [2.05, 4.69) is 24.5 Å².